The molecule has 3 rings (SSSR count). The molecule has 0 amide bonds. The number of fused-ring (bicyclic) bond motifs is 1. The van der Waals surface area contributed by atoms with Crippen molar-refractivity contribution in [1.29, 1.82) is 0 Å². The fraction of sp³-hybridized carbons (Fsp3) is 0.143. The standard InChI is InChI=1S/C14H12BrN3O/c1-10-5-2-3-7-12(10)19-9-13-16-14-11(15)6-4-8-18(14)17-13/h2-8H,9H2,1H3. The second-order valence-corrected chi connectivity index (χ2v) is 5.06. The Morgan fingerprint density at radius 3 is 2.84 bits per heavy atom. The molecule has 5 heteroatoms. The molecular weight excluding hydrogens is 306 g/mol. The number of pyridine rings is 1. The molecule has 2 heterocycles. The summed E-state index contributed by atoms with van der Waals surface area (Å²) < 4.78 is 8.40. The van der Waals surface area contributed by atoms with Crippen LogP contribution >= 0.6 is 15.9 Å². The third-order valence-electron chi connectivity index (χ3n) is 2.81. The minimum Gasteiger partial charge on any atom is -0.485 e. The number of para-hydroxylation sites is 1. The van der Waals surface area contributed by atoms with Gasteiger partial charge in [-0.3, -0.25) is 0 Å². The Kier molecular flexibility index (Phi) is 3.21. The summed E-state index contributed by atoms with van der Waals surface area (Å²) in [5, 5.41) is 4.37. The molecule has 0 N–H and O–H groups in total. The summed E-state index contributed by atoms with van der Waals surface area (Å²) in [6, 6.07) is 11.8. The number of ether oxygens (including phenoxy) is 1. The highest BCUT2D eigenvalue weighted by molar-refractivity contribution is 9.10. The maximum Gasteiger partial charge on any atom is 0.189 e. The fourth-order valence-corrected chi connectivity index (χ4v) is 2.26. The van der Waals surface area contributed by atoms with E-state index in [-0.39, 0.29) is 0 Å². The van der Waals surface area contributed by atoms with Crippen LogP contribution < -0.4 is 4.74 Å². The van der Waals surface area contributed by atoms with Crippen molar-refractivity contribution >= 4 is 21.6 Å². The van der Waals surface area contributed by atoms with Gasteiger partial charge in [-0.2, -0.15) is 0 Å². The lowest BCUT2D eigenvalue weighted by Gasteiger charge is -2.05. The molecule has 1 aromatic carbocycles. The quantitative estimate of drug-likeness (QED) is 0.743. The normalized spacial score (nSPS) is 10.8. The zero-order chi connectivity index (χ0) is 13.2. The molecule has 0 saturated heterocycles. The van der Waals surface area contributed by atoms with E-state index in [0.29, 0.717) is 12.4 Å². The number of nitrogens with zero attached hydrogens (tertiary/aromatic N) is 3. The van der Waals surface area contributed by atoms with Crippen molar-refractivity contribution in [3.8, 4) is 5.75 Å². The molecule has 0 fully saturated rings. The van der Waals surface area contributed by atoms with Crippen LogP contribution in [0.15, 0.2) is 47.1 Å². The van der Waals surface area contributed by atoms with Crippen molar-refractivity contribution in [3.63, 3.8) is 0 Å². The molecule has 19 heavy (non-hydrogen) atoms. The Balaban J connectivity index is 1.83. The van der Waals surface area contributed by atoms with Crippen LogP contribution in [-0.4, -0.2) is 14.6 Å². The third kappa shape index (κ3) is 2.46. The highest BCUT2D eigenvalue weighted by Gasteiger charge is 2.07. The van der Waals surface area contributed by atoms with Crippen LogP contribution in [0.4, 0.5) is 0 Å². The van der Waals surface area contributed by atoms with E-state index in [1.54, 1.807) is 4.52 Å². The predicted octanol–water partition coefficient (Wildman–Crippen LogP) is 3.38. The smallest absolute Gasteiger partial charge is 0.189 e. The van der Waals surface area contributed by atoms with Crippen LogP contribution in [0.5, 0.6) is 5.75 Å². The van der Waals surface area contributed by atoms with Gasteiger partial charge in [0.15, 0.2) is 11.5 Å². The Labute approximate surface area is 119 Å². The molecule has 0 radical (unpaired) electrons. The topological polar surface area (TPSA) is 39.4 Å². The number of benzene rings is 1. The third-order valence-corrected chi connectivity index (χ3v) is 3.43. The van der Waals surface area contributed by atoms with Crippen LogP contribution in [0, 0.1) is 6.92 Å². The number of halogens is 1. The molecule has 0 aliphatic carbocycles. The minimum absolute atomic E-state index is 0.360. The zero-order valence-corrected chi connectivity index (χ0v) is 12.0. The van der Waals surface area contributed by atoms with E-state index in [1.807, 2.05) is 49.5 Å². The summed E-state index contributed by atoms with van der Waals surface area (Å²) in [6.45, 7) is 2.38. The lowest BCUT2D eigenvalue weighted by molar-refractivity contribution is 0.294. The molecule has 96 valence electrons. The summed E-state index contributed by atoms with van der Waals surface area (Å²) in [5.41, 5.74) is 1.90. The molecule has 4 nitrogen and oxygen atoms in total. The number of aromatic nitrogens is 3. The van der Waals surface area contributed by atoms with E-state index in [4.69, 9.17) is 4.74 Å². The van der Waals surface area contributed by atoms with Gasteiger partial charge < -0.3 is 4.74 Å². The Morgan fingerprint density at radius 1 is 1.21 bits per heavy atom. The van der Waals surface area contributed by atoms with Crippen LogP contribution in [0.3, 0.4) is 0 Å². The van der Waals surface area contributed by atoms with E-state index >= 15 is 0 Å². The average Bonchev–Trinajstić information content (AvgIpc) is 2.82. The van der Waals surface area contributed by atoms with E-state index < -0.39 is 0 Å². The van der Waals surface area contributed by atoms with Gasteiger partial charge in [0.1, 0.15) is 12.4 Å². The second kappa shape index (κ2) is 5.01. The first kappa shape index (κ1) is 12.2. The molecule has 0 atom stereocenters. The zero-order valence-electron chi connectivity index (χ0n) is 10.4. The Morgan fingerprint density at radius 2 is 2.05 bits per heavy atom. The van der Waals surface area contributed by atoms with E-state index in [1.165, 1.54) is 0 Å². The largest absolute Gasteiger partial charge is 0.485 e. The van der Waals surface area contributed by atoms with Crippen molar-refractivity contribution in [1.82, 2.24) is 14.6 Å². The Hall–Kier alpha value is -1.88. The summed E-state index contributed by atoms with van der Waals surface area (Å²) in [7, 11) is 0. The van der Waals surface area contributed by atoms with Gasteiger partial charge in [0.2, 0.25) is 0 Å². The molecule has 2 aromatic heterocycles. The van der Waals surface area contributed by atoms with Gasteiger partial charge in [0.25, 0.3) is 0 Å². The van der Waals surface area contributed by atoms with E-state index in [9.17, 15) is 0 Å². The van der Waals surface area contributed by atoms with Gasteiger partial charge in [-0.05, 0) is 46.6 Å². The van der Waals surface area contributed by atoms with Crippen molar-refractivity contribution < 1.29 is 4.74 Å². The van der Waals surface area contributed by atoms with Gasteiger partial charge >= 0.3 is 0 Å². The molecule has 0 spiro atoms. The number of hydrogen-bond acceptors (Lipinski definition) is 3. The van der Waals surface area contributed by atoms with Crippen molar-refractivity contribution in [3.05, 3.63) is 58.5 Å². The summed E-state index contributed by atoms with van der Waals surface area (Å²) >= 11 is 3.45. The van der Waals surface area contributed by atoms with Gasteiger partial charge in [-0.25, -0.2) is 9.50 Å². The monoisotopic (exact) mass is 317 g/mol. The highest BCUT2D eigenvalue weighted by Crippen LogP contribution is 2.18. The first-order chi connectivity index (χ1) is 9.24. The predicted molar refractivity (Wildman–Crippen MR) is 76.2 cm³/mol. The van der Waals surface area contributed by atoms with Crippen molar-refractivity contribution in [2.24, 2.45) is 0 Å². The van der Waals surface area contributed by atoms with E-state index in [0.717, 1.165) is 21.4 Å². The molecule has 0 bridgehead atoms. The average molecular weight is 318 g/mol. The van der Waals surface area contributed by atoms with Crippen LogP contribution in [-0.2, 0) is 6.61 Å². The number of aryl methyl sites for hydroxylation is 1. The summed E-state index contributed by atoms with van der Waals surface area (Å²) in [6.07, 6.45) is 1.87. The van der Waals surface area contributed by atoms with Gasteiger partial charge in [0, 0.05) is 6.20 Å². The minimum atomic E-state index is 0.360. The van der Waals surface area contributed by atoms with Gasteiger partial charge in [-0.15, -0.1) is 5.10 Å². The first-order valence-corrected chi connectivity index (χ1v) is 6.71. The highest BCUT2D eigenvalue weighted by atomic mass is 79.9. The van der Waals surface area contributed by atoms with Crippen LogP contribution in [0.1, 0.15) is 11.4 Å². The van der Waals surface area contributed by atoms with Crippen molar-refractivity contribution in [2.45, 2.75) is 13.5 Å². The molecule has 0 saturated carbocycles. The van der Waals surface area contributed by atoms with Crippen LogP contribution in [0.25, 0.3) is 5.65 Å². The first-order valence-electron chi connectivity index (χ1n) is 5.92. The van der Waals surface area contributed by atoms with Crippen molar-refractivity contribution in [2.75, 3.05) is 0 Å². The van der Waals surface area contributed by atoms with Gasteiger partial charge in [0.05, 0.1) is 4.47 Å². The fourth-order valence-electron chi connectivity index (χ4n) is 1.84. The lowest BCUT2D eigenvalue weighted by atomic mass is 10.2. The molecule has 0 aliphatic heterocycles. The number of hydrogen-bond donors (Lipinski definition) is 0. The second-order valence-electron chi connectivity index (χ2n) is 4.21. The maximum absolute atomic E-state index is 5.74. The molecule has 3 aromatic rings. The van der Waals surface area contributed by atoms with Gasteiger partial charge in [-0.1, -0.05) is 18.2 Å². The maximum atomic E-state index is 5.74. The summed E-state index contributed by atoms with van der Waals surface area (Å²) in [5.74, 6) is 1.52. The number of rotatable bonds is 3. The molecule has 0 unspecified atom stereocenters. The van der Waals surface area contributed by atoms with Crippen LogP contribution in [0.2, 0.25) is 0 Å². The lowest BCUT2D eigenvalue weighted by Crippen LogP contribution is -1.99. The Bertz CT molecular complexity index is 724. The molecule has 0 aliphatic rings. The SMILES string of the molecule is Cc1ccccc1OCc1nc2c(Br)cccn2n1. The summed E-state index contributed by atoms with van der Waals surface area (Å²) in [4.78, 5) is 4.44. The molecular formula is C14H12BrN3O. The van der Waals surface area contributed by atoms with E-state index in [2.05, 4.69) is 26.0 Å².